The van der Waals surface area contributed by atoms with Crippen LogP contribution in [0.25, 0.3) is 0 Å². The van der Waals surface area contributed by atoms with Gasteiger partial charge in [0.2, 0.25) is 0 Å². The van der Waals surface area contributed by atoms with E-state index in [1.54, 1.807) is 30.3 Å². The van der Waals surface area contributed by atoms with Crippen LogP contribution in [-0.2, 0) is 16.4 Å². The van der Waals surface area contributed by atoms with Gasteiger partial charge in [0.15, 0.2) is 9.84 Å². The van der Waals surface area contributed by atoms with Gasteiger partial charge in [-0.15, -0.1) is 0 Å². The first kappa shape index (κ1) is 19.3. The van der Waals surface area contributed by atoms with Crippen LogP contribution in [0.3, 0.4) is 0 Å². The van der Waals surface area contributed by atoms with Gasteiger partial charge in [-0.3, -0.25) is 4.79 Å². The highest BCUT2D eigenvalue weighted by Gasteiger charge is 2.35. The molecule has 138 valence electrons. The van der Waals surface area contributed by atoms with E-state index >= 15 is 0 Å². The fourth-order valence-electron chi connectivity index (χ4n) is 3.00. The summed E-state index contributed by atoms with van der Waals surface area (Å²) in [5.41, 5.74) is 0.592. The minimum Gasteiger partial charge on any atom is -0.330 e. The molecule has 1 saturated heterocycles. The van der Waals surface area contributed by atoms with E-state index in [1.807, 2.05) is 0 Å². The Labute approximate surface area is 165 Å². The molecule has 1 aliphatic heterocycles. The Balaban J connectivity index is 1.96. The Bertz CT molecular complexity index is 914. The molecule has 1 atom stereocenters. The molecule has 0 aliphatic carbocycles. The van der Waals surface area contributed by atoms with Gasteiger partial charge < -0.3 is 4.90 Å². The average molecular weight is 461 g/mol. The predicted molar refractivity (Wildman–Crippen MR) is 102 cm³/mol. The van der Waals surface area contributed by atoms with E-state index in [2.05, 4.69) is 15.9 Å². The number of carbonyl (C=O) groups is 1. The summed E-state index contributed by atoms with van der Waals surface area (Å²) < 4.78 is 38.8. The molecule has 1 aliphatic rings. The third kappa shape index (κ3) is 4.27. The van der Waals surface area contributed by atoms with Gasteiger partial charge in [-0.05, 0) is 42.8 Å². The van der Waals surface area contributed by atoms with Crippen molar-refractivity contribution < 1.29 is 17.6 Å². The van der Waals surface area contributed by atoms with Crippen molar-refractivity contribution >= 4 is 43.3 Å². The van der Waals surface area contributed by atoms with Gasteiger partial charge in [0.05, 0.1) is 18.1 Å². The molecular formula is C18H16BrClFNO3S. The van der Waals surface area contributed by atoms with E-state index in [-0.39, 0.29) is 34.5 Å². The third-order valence-corrected chi connectivity index (χ3v) is 7.02. The highest BCUT2D eigenvalue weighted by molar-refractivity contribution is 9.10. The average Bonchev–Trinajstić information content (AvgIpc) is 2.94. The van der Waals surface area contributed by atoms with Gasteiger partial charge >= 0.3 is 0 Å². The maximum absolute atomic E-state index is 14.2. The Kier molecular flexibility index (Phi) is 5.69. The van der Waals surface area contributed by atoms with Crippen LogP contribution in [0.5, 0.6) is 0 Å². The third-order valence-electron chi connectivity index (χ3n) is 4.39. The summed E-state index contributed by atoms with van der Waals surface area (Å²) in [6.45, 7) is -0.0827. The lowest BCUT2D eigenvalue weighted by Crippen LogP contribution is -2.41. The van der Waals surface area contributed by atoms with Gasteiger partial charge in [-0.2, -0.15) is 0 Å². The van der Waals surface area contributed by atoms with Crippen LogP contribution in [0, 0.1) is 5.82 Å². The monoisotopic (exact) mass is 459 g/mol. The van der Waals surface area contributed by atoms with Crippen molar-refractivity contribution in [2.75, 3.05) is 11.5 Å². The second-order valence-electron chi connectivity index (χ2n) is 6.20. The summed E-state index contributed by atoms with van der Waals surface area (Å²) in [7, 11) is -3.20. The van der Waals surface area contributed by atoms with Gasteiger partial charge in [0.25, 0.3) is 5.91 Å². The lowest BCUT2D eigenvalue weighted by atomic mass is 10.1. The van der Waals surface area contributed by atoms with Gasteiger partial charge in [-0.1, -0.05) is 33.6 Å². The molecule has 0 radical (unpaired) electrons. The van der Waals surface area contributed by atoms with Crippen LogP contribution < -0.4 is 0 Å². The van der Waals surface area contributed by atoms with Crippen LogP contribution >= 0.6 is 27.5 Å². The minimum atomic E-state index is -3.20. The van der Waals surface area contributed by atoms with Crippen LogP contribution in [-0.4, -0.2) is 36.8 Å². The number of sulfone groups is 1. The zero-order chi connectivity index (χ0) is 18.9. The quantitative estimate of drug-likeness (QED) is 0.691. The summed E-state index contributed by atoms with van der Waals surface area (Å²) in [5.74, 6) is -0.973. The van der Waals surface area contributed by atoms with E-state index in [9.17, 15) is 17.6 Å². The number of halogens is 3. The molecular weight excluding hydrogens is 445 g/mol. The van der Waals surface area contributed by atoms with Gasteiger partial charge in [0, 0.05) is 26.7 Å². The molecule has 1 fully saturated rings. The molecule has 8 heteroatoms. The summed E-state index contributed by atoms with van der Waals surface area (Å²) in [6.07, 6.45) is 0.330. The molecule has 1 heterocycles. The van der Waals surface area contributed by atoms with Crippen molar-refractivity contribution in [2.24, 2.45) is 0 Å². The molecule has 1 unspecified atom stereocenters. The summed E-state index contributed by atoms with van der Waals surface area (Å²) >= 11 is 9.42. The number of benzene rings is 2. The van der Waals surface area contributed by atoms with E-state index in [0.29, 0.717) is 12.0 Å². The van der Waals surface area contributed by atoms with Crippen LogP contribution in [0.15, 0.2) is 46.9 Å². The van der Waals surface area contributed by atoms with Crippen molar-refractivity contribution in [3.8, 4) is 0 Å². The van der Waals surface area contributed by atoms with Gasteiger partial charge in [0.1, 0.15) is 5.82 Å². The van der Waals surface area contributed by atoms with Crippen LogP contribution in [0.1, 0.15) is 22.3 Å². The molecule has 0 spiro atoms. The number of hydrogen-bond acceptors (Lipinski definition) is 3. The second-order valence-corrected chi connectivity index (χ2v) is 9.75. The molecule has 0 bridgehead atoms. The van der Waals surface area contributed by atoms with E-state index in [4.69, 9.17) is 11.6 Å². The summed E-state index contributed by atoms with van der Waals surface area (Å²) in [4.78, 5) is 14.4. The molecule has 26 heavy (non-hydrogen) atoms. The van der Waals surface area contributed by atoms with E-state index < -0.39 is 21.7 Å². The molecule has 2 aromatic carbocycles. The van der Waals surface area contributed by atoms with Crippen molar-refractivity contribution in [3.63, 3.8) is 0 Å². The van der Waals surface area contributed by atoms with E-state index in [1.165, 1.54) is 17.0 Å². The number of hydrogen-bond donors (Lipinski definition) is 0. The molecule has 4 nitrogen and oxygen atoms in total. The minimum absolute atomic E-state index is 0.0206. The van der Waals surface area contributed by atoms with Crippen LogP contribution in [0.4, 0.5) is 4.39 Å². The first-order valence-electron chi connectivity index (χ1n) is 7.97. The number of nitrogens with zero attached hydrogens (tertiary/aromatic N) is 1. The smallest absolute Gasteiger partial charge is 0.254 e. The lowest BCUT2D eigenvalue weighted by Gasteiger charge is -2.29. The Morgan fingerprint density at radius 2 is 1.92 bits per heavy atom. The SMILES string of the molecule is O=C(c1ccc(Br)cc1)N(Cc1c(F)cccc1Cl)C1CCS(=O)(=O)C1. The lowest BCUT2D eigenvalue weighted by molar-refractivity contribution is 0.0679. The van der Waals surface area contributed by atoms with Crippen LogP contribution in [0.2, 0.25) is 5.02 Å². The standard InChI is InChI=1S/C18H16BrClFNO3S/c19-13-6-4-12(5-7-13)18(23)22(14-8-9-26(24,25)11-14)10-15-16(20)2-1-3-17(15)21/h1-7,14H,8-11H2. The maximum atomic E-state index is 14.2. The number of carbonyl (C=O) groups excluding carboxylic acids is 1. The van der Waals surface area contributed by atoms with Gasteiger partial charge in [-0.25, -0.2) is 12.8 Å². The van der Waals surface area contributed by atoms with Crippen molar-refractivity contribution in [3.05, 3.63) is 68.9 Å². The fraction of sp³-hybridized carbons (Fsp3) is 0.278. The molecule has 0 saturated carbocycles. The van der Waals surface area contributed by atoms with Crippen molar-refractivity contribution in [1.82, 2.24) is 4.90 Å². The Hall–Kier alpha value is -1.44. The number of amides is 1. The molecule has 0 aromatic heterocycles. The van der Waals surface area contributed by atoms with Crippen molar-refractivity contribution in [2.45, 2.75) is 19.0 Å². The zero-order valence-corrected chi connectivity index (χ0v) is 16.8. The molecule has 1 amide bonds. The topological polar surface area (TPSA) is 54.5 Å². The fourth-order valence-corrected chi connectivity index (χ4v) is 5.22. The predicted octanol–water partition coefficient (Wildman–Crippen LogP) is 4.07. The summed E-state index contributed by atoms with van der Waals surface area (Å²) in [5, 5.41) is 0.208. The highest BCUT2D eigenvalue weighted by Crippen LogP contribution is 2.27. The van der Waals surface area contributed by atoms with E-state index in [0.717, 1.165) is 4.47 Å². The first-order valence-corrected chi connectivity index (χ1v) is 11.0. The Morgan fingerprint density at radius 3 is 2.50 bits per heavy atom. The first-order chi connectivity index (χ1) is 12.3. The second kappa shape index (κ2) is 7.66. The Morgan fingerprint density at radius 1 is 1.23 bits per heavy atom. The number of rotatable bonds is 4. The normalized spacial score (nSPS) is 18.7. The summed E-state index contributed by atoms with van der Waals surface area (Å²) in [6, 6.07) is 10.5. The molecule has 0 N–H and O–H groups in total. The molecule has 3 rings (SSSR count). The van der Waals surface area contributed by atoms with Crippen molar-refractivity contribution in [1.29, 1.82) is 0 Å². The highest BCUT2D eigenvalue weighted by atomic mass is 79.9. The largest absolute Gasteiger partial charge is 0.330 e. The zero-order valence-electron chi connectivity index (χ0n) is 13.7. The maximum Gasteiger partial charge on any atom is 0.254 e. The molecule has 2 aromatic rings.